The van der Waals surface area contributed by atoms with E-state index in [1.54, 1.807) is 34.8 Å². The maximum absolute atomic E-state index is 12.8. The number of carbonyl (C=O) groups is 1. The largest absolute Gasteiger partial charge is 0.349 e. The Hall–Kier alpha value is -2.25. The summed E-state index contributed by atoms with van der Waals surface area (Å²) in [7, 11) is -3.52. The van der Waals surface area contributed by atoms with E-state index < -0.39 is 10.0 Å². The summed E-state index contributed by atoms with van der Waals surface area (Å²) in [6, 6.07) is 12.3. The zero-order chi connectivity index (χ0) is 17.4. The molecule has 1 aromatic carbocycles. The summed E-state index contributed by atoms with van der Waals surface area (Å²) in [4.78, 5) is 16.5. The molecule has 2 heterocycles. The van der Waals surface area contributed by atoms with Gasteiger partial charge in [0.05, 0.1) is 0 Å². The molecule has 3 atom stereocenters. The molecule has 2 aliphatic rings. The number of hydrogen-bond donors (Lipinski definition) is 1. The van der Waals surface area contributed by atoms with Crippen molar-refractivity contribution >= 4 is 15.9 Å². The Labute approximate surface area is 146 Å². The zero-order valence-corrected chi connectivity index (χ0v) is 14.4. The van der Waals surface area contributed by atoms with E-state index in [-0.39, 0.29) is 28.8 Å². The van der Waals surface area contributed by atoms with Gasteiger partial charge in [-0.25, -0.2) is 8.42 Å². The number of pyridine rings is 1. The summed E-state index contributed by atoms with van der Waals surface area (Å²) in [6.07, 6.45) is 4.39. The predicted molar refractivity (Wildman–Crippen MR) is 92.3 cm³/mol. The number of hydrogen-bond acceptors (Lipinski definition) is 4. The third kappa shape index (κ3) is 2.94. The van der Waals surface area contributed by atoms with Gasteiger partial charge in [0.15, 0.2) is 0 Å². The van der Waals surface area contributed by atoms with E-state index in [0.717, 1.165) is 6.42 Å². The van der Waals surface area contributed by atoms with E-state index in [1.807, 2.05) is 18.2 Å². The lowest BCUT2D eigenvalue weighted by atomic mass is 10.0. The standard InChI is InChI=1S/C18H19N3O3S/c22-18(13-5-2-1-3-6-13)20-17-10-15-9-14(17)12-21(15)25(23,24)16-7-4-8-19-11-16/h1-8,11,14-15,17H,9-10,12H2,(H,20,22)/t14-,15-,17-/m0/s1. The van der Waals surface area contributed by atoms with Gasteiger partial charge in [-0.1, -0.05) is 18.2 Å². The minimum Gasteiger partial charge on any atom is -0.349 e. The Kier molecular flexibility index (Phi) is 4.05. The summed E-state index contributed by atoms with van der Waals surface area (Å²) in [5.74, 6) is 0.0592. The highest BCUT2D eigenvalue weighted by atomic mass is 32.2. The Morgan fingerprint density at radius 3 is 2.56 bits per heavy atom. The lowest BCUT2D eigenvalue weighted by Gasteiger charge is -2.31. The van der Waals surface area contributed by atoms with Crippen LogP contribution in [0.5, 0.6) is 0 Å². The lowest BCUT2D eigenvalue weighted by molar-refractivity contribution is 0.0919. The van der Waals surface area contributed by atoms with Crippen molar-refractivity contribution in [2.24, 2.45) is 5.92 Å². The van der Waals surface area contributed by atoms with Gasteiger partial charge < -0.3 is 5.32 Å². The monoisotopic (exact) mass is 357 g/mol. The third-order valence-electron chi connectivity index (χ3n) is 5.09. The second kappa shape index (κ2) is 6.24. The average molecular weight is 357 g/mol. The maximum Gasteiger partial charge on any atom is 0.251 e. The first-order valence-corrected chi connectivity index (χ1v) is 9.77. The summed E-state index contributed by atoms with van der Waals surface area (Å²) < 4.78 is 27.1. The Balaban J connectivity index is 1.45. The average Bonchev–Trinajstić information content (AvgIpc) is 3.24. The second-order valence-corrected chi connectivity index (χ2v) is 8.49. The quantitative estimate of drug-likeness (QED) is 0.903. The van der Waals surface area contributed by atoms with Crippen molar-refractivity contribution in [3.63, 3.8) is 0 Å². The van der Waals surface area contributed by atoms with Crippen molar-refractivity contribution < 1.29 is 13.2 Å². The number of nitrogens with zero attached hydrogens (tertiary/aromatic N) is 2. The number of carbonyl (C=O) groups excluding carboxylic acids is 1. The Morgan fingerprint density at radius 2 is 1.92 bits per heavy atom. The van der Waals surface area contributed by atoms with Gasteiger partial charge in [0, 0.05) is 36.6 Å². The zero-order valence-electron chi connectivity index (χ0n) is 13.6. The molecule has 4 rings (SSSR count). The molecule has 0 spiro atoms. The number of aromatic nitrogens is 1. The molecule has 130 valence electrons. The highest BCUT2D eigenvalue weighted by Gasteiger charge is 2.49. The summed E-state index contributed by atoms with van der Waals surface area (Å²) in [5.41, 5.74) is 0.630. The van der Waals surface area contributed by atoms with Crippen LogP contribution in [0.4, 0.5) is 0 Å². The van der Waals surface area contributed by atoms with Crippen molar-refractivity contribution in [3.8, 4) is 0 Å². The van der Waals surface area contributed by atoms with Gasteiger partial charge in [-0.3, -0.25) is 9.78 Å². The van der Waals surface area contributed by atoms with Gasteiger partial charge >= 0.3 is 0 Å². The molecule has 1 aromatic heterocycles. The summed E-state index contributed by atoms with van der Waals surface area (Å²) >= 11 is 0. The number of sulfonamides is 1. The predicted octanol–water partition coefficient (Wildman–Crippen LogP) is 1.66. The second-order valence-electron chi connectivity index (χ2n) is 6.59. The van der Waals surface area contributed by atoms with Crippen molar-refractivity contribution in [1.82, 2.24) is 14.6 Å². The fourth-order valence-electron chi connectivity index (χ4n) is 3.86. The number of amides is 1. The van der Waals surface area contributed by atoms with Gasteiger partial charge in [-0.15, -0.1) is 0 Å². The van der Waals surface area contributed by atoms with E-state index in [1.165, 1.54) is 6.20 Å². The van der Waals surface area contributed by atoms with Crippen LogP contribution in [0.3, 0.4) is 0 Å². The molecule has 1 amide bonds. The molecule has 7 heteroatoms. The summed E-state index contributed by atoms with van der Waals surface area (Å²) in [6.45, 7) is 0.446. The number of benzene rings is 1. The highest BCUT2D eigenvalue weighted by Crippen LogP contribution is 2.40. The molecule has 1 aliphatic carbocycles. The van der Waals surface area contributed by atoms with Crippen LogP contribution in [-0.2, 0) is 10.0 Å². The molecular formula is C18H19N3O3S. The first kappa shape index (κ1) is 16.2. The topological polar surface area (TPSA) is 79.4 Å². The van der Waals surface area contributed by atoms with Gasteiger partial charge in [-0.05, 0) is 43.0 Å². The molecule has 0 unspecified atom stereocenters. The molecule has 1 aliphatic heterocycles. The first-order chi connectivity index (χ1) is 12.1. The fraction of sp³-hybridized carbons (Fsp3) is 0.333. The lowest BCUT2D eigenvalue weighted by Crippen LogP contribution is -2.47. The maximum atomic E-state index is 12.8. The van der Waals surface area contributed by atoms with Crippen LogP contribution < -0.4 is 5.32 Å². The molecule has 6 nitrogen and oxygen atoms in total. The Bertz CT molecular complexity index is 871. The molecule has 2 fully saturated rings. The van der Waals surface area contributed by atoms with Crippen molar-refractivity contribution in [3.05, 3.63) is 60.4 Å². The van der Waals surface area contributed by atoms with Gasteiger partial charge in [-0.2, -0.15) is 4.31 Å². The van der Waals surface area contributed by atoms with Gasteiger partial charge in [0.2, 0.25) is 10.0 Å². The highest BCUT2D eigenvalue weighted by molar-refractivity contribution is 7.89. The third-order valence-corrected chi connectivity index (χ3v) is 6.99. The smallest absolute Gasteiger partial charge is 0.251 e. The van der Waals surface area contributed by atoms with Crippen molar-refractivity contribution in [2.45, 2.75) is 29.8 Å². The van der Waals surface area contributed by atoms with Crippen molar-refractivity contribution in [1.29, 1.82) is 0 Å². The van der Waals surface area contributed by atoms with Crippen LogP contribution in [0.1, 0.15) is 23.2 Å². The fourth-order valence-corrected chi connectivity index (χ4v) is 5.53. The van der Waals surface area contributed by atoms with E-state index in [2.05, 4.69) is 10.3 Å². The normalized spacial score (nSPS) is 25.8. The van der Waals surface area contributed by atoms with Crippen LogP contribution in [-0.4, -0.2) is 42.2 Å². The van der Waals surface area contributed by atoms with Gasteiger partial charge in [0.25, 0.3) is 5.91 Å². The minimum absolute atomic E-state index is 0.0260. The van der Waals surface area contributed by atoms with Crippen LogP contribution in [0.2, 0.25) is 0 Å². The molecule has 2 aromatic rings. The molecule has 1 N–H and O–H groups in total. The van der Waals surface area contributed by atoms with Crippen LogP contribution in [0, 0.1) is 5.92 Å². The summed E-state index contributed by atoms with van der Waals surface area (Å²) in [5, 5.41) is 3.07. The van der Waals surface area contributed by atoms with E-state index >= 15 is 0 Å². The van der Waals surface area contributed by atoms with Gasteiger partial charge in [0.1, 0.15) is 4.90 Å². The van der Waals surface area contributed by atoms with Crippen LogP contribution >= 0.6 is 0 Å². The molecule has 2 bridgehead atoms. The minimum atomic E-state index is -3.52. The number of nitrogens with one attached hydrogen (secondary N) is 1. The van der Waals surface area contributed by atoms with Crippen LogP contribution in [0.25, 0.3) is 0 Å². The van der Waals surface area contributed by atoms with Crippen molar-refractivity contribution in [2.75, 3.05) is 6.54 Å². The Morgan fingerprint density at radius 1 is 1.12 bits per heavy atom. The molecule has 1 saturated heterocycles. The number of piperidine rings is 1. The molecule has 25 heavy (non-hydrogen) atoms. The van der Waals surface area contributed by atoms with E-state index in [9.17, 15) is 13.2 Å². The number of rotatable bonds is 4. The van der Waals surface area contributed by atoms with Crippen LogP contribution in [0.15, 0.2) is 59.8 Å². The number of fused-ring (bicyclic) bond motifs is 2. The molecular weight excluding hydrogens is 338 g/mol. The molecule has 1 saturated carbocycles. The van der Waals surface area contributed by atoms with E-state index in [0.29, 0.717) is 18.5 Å². The molecule has 0 radical (unpaired) electrons. The first-order valence-electron chi connectivity index (χ1n) is 8.33. The SMILES string of the molecule is O=C(N[C@H]1C[C@@H]2C[C@H]1CN2S(=O)(=O)c1cccnc1)c1ccccc1. The van der Waals surface area contributed by atoms with E-state index in [4.69, 9.17) is 0 Å².